The first-order valence-electron chi connectivity index (χ1n) is 10.6. The molecule has 4 rings (SSSR count). The van der Waals surface area contributed by atoms with Gasteiger partial charge in [0.15, 0.2) is 5.13 Å². The van der Waals surface area contributed by atoms with Crippen LogP contribution in [0.3, 0.4) is 0 Å². The number of phenolic OH excluding ortho intramolecular Hbond substituents is 1. The minimum absolute atomic E-state index is 0.00972. The van der Waals surface area contributed by atoms with E-state index in [1.54, 1.807) is 24.3 Å². The van der Waals surface area contributed by atoms with Gasteiger partial charge in [-0.1, -0.05) is 35.0 Å². The van der Waals surface area contributed by atoms with Crippen LogP contribution in [0.4, 0.5) is 10.8 Å². The van der Waals surface area contributed by atoms with Crippen molar-refractivity contribution in [2.45, 2.75) is 37.5 Å². The molecule has 3 aromatic rings. The van der Waals surface area contributed by atoms with Gasteiger partial charge in [0.2, 0.25) is 5.91 Å². The third-order valence-electron chi connectivity index (χ3n) is 5.61. The highest BCUT2D eigenvalue weighted by molar-refractivity contribution is 8.25. The fraction of sp³-hybridized carbons (Fsp3) is 0.304. The molecule has 0 bridgehead atoms. The van der Waals surface area contributed by atoms with Crippen LogP contribution in [0.25, 0.3) is 10.4 Å². The molecule has 2 aromatic carbocycles. The Balaban J connectivity index is 1.61. The van der Waals surface area contributed by atoms with Crippen molar-refractivity contribution in [1.82, 2.24) is 4.98 Å². The summed E-state index contributed by atoms with van der Waals surface area (Å²) in [6, 6.07) is 11.2. The molecule has 1 heterocycles. The van der Waals surface area contributed by atoms with Gasteiger partial charge >= 0.3 is 0 Å². The number of aromatic hydroxyl groups is 1. The molecule has 0 unspecified atom stereocenters. The number of ether oxygens (including phenoxy) is 1. The van der Waals surface area contributed by atoms with Gasteiger partial charge in [-0.05, 0) is 67.8 Å². The Morgan fingerprint density at radius 1 is 1.15 bits per heavy atom. The Morgan fingerprint density at radius 2 is 1.85 bits per heavy atom. The van der Waals surface area contributed by atoms with Crippen LogP contribution in [0.5, 0.6) is 11.5 Å². The molecule has 1 fully saturated rings. The smallest absolute Gasteiger partial charge is 0.229 e. The number of carbonyl (C=O) groups is 1. The minimum atomic E-state index is -3.48. The van der Waals surface area contributed by atoms with Crippen molar-refractivity contribution >= 4 is 38.8 Å². The topological polar surface area (TPSA) is 124 Å². The van der Waals surface area contributed by atoms with Crippen molar-refractivity contribution in [2.24, 2.45) is 5.92 Å². The average molecular weight is 490 g/mol. The zero-order valence-electron chi connectivity index (χ0n) is 18.4. The monoisotopic (exact) mass is 489 g/mol. The van der Waals surface area contributed by atoms with Gasteiger partial charge in [0.1, 0.15) is 16.4 Å². The van der Waals surface area contributed by atoms with E-state index in [-0.39, 0.29) is 22.5 Å². The van der Waals surface area contributed by atoms with Crippen molar-refractivity contribution in [3.63, 3.8) is 0 Å². The summed E-state index contributed by atoms with van der Waals surface area (Å²) < 4.78 is 29.9. The number of nitrogens with zero attached hydrogens (tertiary/aromatic N) is 1. The average Bonchev–Trinajstić information content (AvgIpc) is 3.45. The Labute approximate surface area is 198 Å². The quantitative estimate of drug-likeness (QED) is 0.254. The predicted molar refractivity (Wildman–Crippen MR) is 132 cm³/mol. The molecule has 0 atom stereocenters. The second kappa shape index (κ2) is 9.60. The highest BCUT2D eigenvalue weighted by atomic mass is 32.3. The number of aryl methyl sites for hydroxylation is 1. The molecule has 0 aliphatic heterocycles. The first-order valence-corrected chi connectivity index (χ1v) is 12.9. The SMILES string of the molecule is COc1ccc(-c2sc(NC(=O)C3CCCC3)nc2C)cc1S(O)(O)Nc1ccc(O)cc1. The number of aromatic nitrogens is 1. The van der Waals surface area contributed by atoms with E-state index < -0.39 is 10.8 Å². The van der Waals surface area contributed by atoms with E-state index in [4.69, 9.17) is 4.74 Å². The third-order valence-corrected chi connectivity index (χ3v) is 8.19. The van der Waals surface area contributed by atoms with E-state index >= 15 is 0 Å². The number of amides is 1. The van der Waals surface area contributed by atoms with E-state index in [9.17, 15) is 19.0 Å². The maximum atomic E-state index is 12.5. The van der Waals surface area contributed by atoms with Crippen molar-refractivity contribution in [1.29, 1.82) is 0 Å². The third kappa shape index (κ3) is 5.25. The van der Waals surface area contributed by atoms with Gasteiger partial charge in [0.25, 0.3) is 0 Å². The molecule has 0 saturated heterocycles. The number of hydrogen-bond donors (Lipinski definition) is 5. The van der Waals surface area contributed by atoms with Gasteiger partial charge in [0, 0.05) is 5.92 Å². The van der Waals surface area contributed by atoms with Crippen molar-refractivity contribution in [2.75, 3.05) is 17.1 Å². The molecule has 10 heteroatoms. The second-order valence-corrected chi connectivity index (χ2v) is 10.7. The number of phenols is 1. The minimum Gasteiger partial charge on any atom is -0.508 e. The number of anilines is 2. The highest BCUT2D eigenvalue weighted by Gasteiger charge is 2.25. The van der Waals surface area contributed by atoms with Crippen LogP contribution in [0, 0.1) is 12.8 Å². The van der Waals surface area contributed by atoms with Gasteiger partial charge in [-0.25, -0.2) is 4.98 Å². The summed E-state index contributed by atoms with van der Waals surface area (Å²) >= 11 is 1.35. The Morgan fingerprint density at radius 3 is 2.52 bits per heavy atom. The Hall–Kier alpha value is -2.79. The van der Waals surface area contributed by atoms with Crippen molar-refractivity contribution in [3.05, 3.63) is 48.2 Å². The van der Waals surface area contributed by atoms with Crippen molar-refractivity contribution in [3.8, 4) is 21.9 Å². The van der Waals surface area contributed by atoms with E-state index in [2.05, 4.69) is 15.0 Å². The van der Waals surface area contributed by atoms with Crippen LogP contribution in [0.2, 0.25) is 0 Å². The predicted octanol–water partition coefficient (Wildman–Crippen LogP) is 6.10. The van der Waals surface area contributed by atoms with E-state index in [1.807, 2.05) is 13.0 Å². The first-order chi connectivity index (χ1) is 15.8. The maximum absolute atomic E-state index is 12.5. The highest BCUT2D eigenvalue weighted by Crippen LogP contribution is 2.53. The standard InChI is InChI=1S/C23H27N3O5S2/c1-14-21(32-23(24-14)25-22(28)15-5-3-4-6-15)16-7-12-19(31-2)20(13-16)33(29,30)26-17-8-10-18(27)11-9-17/h7-13,15,26-27,29-30H,3-6H2,1-2H3,(H,24,25,28). The van der Waals surface area contributed by atoms with Crippen molar-refractivity contribution < 1.29 is 23.7 Å². The molecule has 1 aromatic heterocycles. The van der Waals surface area contributed by atoms with Crippen LogP contribution >= 0.6 is 22.1 Å². The lowest BCUT2D eigenvalue weighted by Crippen LogP contribution is -2.20. The van der Waals surface area contributed by atoms with E-state index in [0.29, 0.717) is 16.6 Å². The molecule has 5 N–H and O–H groups in total. The molecule has 176 valence electrons. The lowest BCUT2D eigenvalue weighted by atomic mass is 10.1. The lowest BCUT2D eigenvalue weighted by Gasteiger charge is -2.35. The van der Waals surface area contributed by atoms with Gasteiger partial charge < -0.3 is 15.2 Å². The first kappa shape index (κ1) is 23.4. The summed E-state index contributed by atoms with van der Waals surface area (Å²) in [5.74, 6) is 0.453. The summed E-state index contributed by atoms with van der Waals surface area (Å²) in [6.45, 7) is 1.85. The number of carbonyl (C=O) groups excluding carboxylic acids is 1. The number of thiazole rings is 1. The van der Waals surface area contributed by atoms with Crippen LogP contribution in [0.15, 0.2) is 47.4 Å². The molecule has 1 amide bonds. The van der Waals surface area contributed by atoms with E-state index in [1.165, 1.54) is 30.6 Å². The van der Waals surface area contributed by atoms with Gasteiger partial charge in [-0.15, -0.1) is 0 Å². The fourth-order valence-electron chi connectivity index (χ4n) is 3.90. The number of nitrogens with one attached hydrogen (secondary N) is 2. The summed E-state index contributed by atoms with van der Waals surface area (Å²) in [4.78, 5) is 18.0. The lowest BCUT2D eigenvalue weighted by molar-refractivity contribution is -0.119. The second-order valence-electron chi connectivity index (χ2n) is 7.97. The van der Waals surface area contributed by atoms with Gasteiger partial charge in [-0.3, -0.25) is 18.6 Å². The largest absolute Gasteiger partial charge is 0.508 e. The number of benzene rings is 2. The van der Waals surface area contributed by atoms with E-state index in [0.717, 1.165) is 41.8 Å². The molecule has 33 heavy (non-hydrogen) atoms. The summed E-state index contributed by atoms with van der Waals surface area (Å²) in [7, 11) is -2.02. The van der Waals surface area contributed by atoms with Crippen LogP contribution in [0.1, 0.15) is 31.4 Å². The van der Waals surface area contributed by atoms with Crippen LogP contribution in [-0.2, 0) is 4.79 Å². The number of rotatable bonds is 7. The van der Waals surface area contributed by atoms with Gasteiger partial charge in [-0.2, -0.15) is 0 Å². The molecular formula is C23H27N3O5S2. The number of hydrogen-bond acceptors (Lipinski definition) is 8. The molecule has 0 spiro atoms. The normalized spacial score (nSPS) is 14.8. The Bertz CT molecular complexity index is 1140. The number of methoxy groups -OCH3 is 1. The molecule has 0 radical (unpaired) electrons. The molecule has 1 saturated carbocycles. The Kier molecular flexibility index (Phi) is 6.80. The van der Waals surface area contributed by atoms with Gasteiger partial charge in [0.05, 0.1) is 23.4 Å². The van der Waals surface area contributed by atoms with Crippen LogP contribution in [-0.4, -0.2) is 32.2 Å². The summed E-state index contributed by atoms with van der Waals surface area (Å²) in [5.41, 5.74) is 1.90. The molecule has 1 aliphatic carbocycles. The zero-order chi connectivity index (χ0) is 23.6. The summed E-state index contributed by atoms with van der Waals surface area (Å²) in [6.07, 6.45) is 3.99. The fourth-order valence-corrected chi connectivity index (χ4v) is 6.17. The van der Waals surface area contributed by atoms with Crippen LogP contribution < -0.4 is 14.8 Å². The molecule has 1 aliphatic rings. The zero-order valence-corrected chi connectivity index (χ0v) is 20.0. The molecular weight excluding hydrogens is 462 g/mol. The maximum Gasteiger partial charge on any atom is 0.229 e. The summed E-state index contributed by atoms with van der Waals surface area (Å²) in [5, 5.41) is 12.9. The molecule has 8 nitrogen and oxygen atoms in total.